The topological polar surface area (TPSA) is 40.6 Å². The first-order valence-electron chi connectivity index (χ1n) is 18.4. The van der Waals surface area contributed by atoms with Crippen LogP contribution >= 0.6 is 0 Å². The molecule has 4 heteroatoms. The Balaban J connectivity index is 2.99. The summed E-state index contributed by atoms with van der Waals surface area (Å²) in [6, 6.07) is 0. The number of rotatable bonds is 14. The van der Waals surface area contributed by atoms with Crippen molar-refractivity contribution < 1.29 is 9.59 Å². The van der Waals surface area contributed by atoms with Crippen LogP contribution in [0.5, 0.6) is 0 Å². The van der Waals surface area contributed by atoms with Gasteiger partial charge in [0.2, 0.25) is 11.8 Å². The SMILES string of the molecule is CC(CCC(C(=O)N1CCN(C(=O)C(CCC(C)CC(C)(C)C)C(C)CC(C)(C)C)CC1)C(C)CC(C)(C)C)CC(C)(C)C. The quantitative estimate of drug-likeness (QED) is 0.194. The van der Waals surface area contributed by atoms with E-state index in [-0.39, 0.29) is 22.7 Å². The van der Waals surface area contributed by atoms with Crippen molar-refractivity contribution in [2.45, 2.75) is 162 Å². The Morgan fingerprint density at radius 3 is 0.932 bits per heavy atom. The molecule has 0 aromatic heterocycles. The molecule has 1 fully saturated rings. The fourth-order valence-corrected chi connectivity index (χ4v) is 8.36. The Kier molecular flexibility index (Phi) is 15.5. The van der Waals surface area contributed by atoms with Crippen LogP contribution in [0.1, 0.15) is 162 Å². The molecule has 1 aliphatic rings. The molecule has 1 rings (SSSR count). The number of hydrogen-bond donors (Lipinski definition) is 0. The van der Waals surface area contributed by atoms with Crippen LogP contribution in [0, 0.1) is 57.2 Å². The van der Waals surface area contributed by atoms with Crippen LogP contribution in [0.4, 0.5) is 0 Å². The van der Waals surface area contributed by atoms with E-state index in [1.165, 1.54) is 12.8 Å². The number of carbonyl (C=O) groups excluding carboxylic acids is 2. The largest absolute Gasteiger partial charge is 0.339 e. The van der Waals surface area contributed by atoms with Gasteiger partial charge in [-0.2, -0.15) is 0 Å². The number of carbonyl (C=O) groups is 2. The van der Waals surface area contributed by atoms with Crippen molar-refractivity contribution in [2.75, 3.05) is 26.2 Å². The third-order valence-electron chi connectivity index (χ3n) is 9.64. The van der Waals surface area contributed by atoms with Crippen molar-refractivity contribution >= 4 is 11.8 Å². The van der Waals surface area contributed by atoms with Gasteiger partial charge in [0.25, 0.3) is 0 Å². The van der Waals surface area contributed by atoms with Crippen molar-refractivity contribution in [3.8, 4) is 0 Å². The van der Waals surface area contributed by atoms with Gasteiger partial charge in [-0.15, -0.1) is 0 Å². The second-order valence-corrected chi connectivity index (χ2v) is 20.2. The van der Waals surface area contributed by atoms with E-state index in [0.29, 0.717) is 72.5 Å². The maximum Gasteiger partial charge on any atom is 0.226 e. The van der Waals surface area contributed by atoms with Crippen molar-refractivity contribution in [3.05, 3.63) is 0 Å². The molecular weight excluding hydrogens is 540 g/mol. The highest BCUT2D eigenvalue weighted by Crippen LogP contribution is 2.37. The van der Waals surface area contributed by atoms with E-state index in [1.54, 1.807) is 0 Å². The minimum Gasteiger partial charge on any atom is -0.339 e. The van der Waals surface area contributed by atoms with Gasteiger partial charge in [-0.1, -0.05) is 111 Å². The molecule has 0 bridgehead atoms. The second kappa shape index (κ2) is 16.7. The number of hydrogen-bond acceptors (Lipinski definition) is 2. The van der Waals surface area contributed by atoms with Gasteiger partial charge >= 0.3 is 0 Å². The highest BCUT2D eigenvalue weighted by molar-refractivity contribution is 5.81. The Morgan fingerprint density at radius 1 is 0.455 bits per heavy atom. The summed E-state index contributed by atoms with van der Waals surface area (Å²) in [7, 11) is 0. The van der Waals surface area contributed by atoms with Crippen molar-refractivity contribution in [1.29, 1.82) is 0 Å². The monoisotopic (exact) mass is 619 g/mol. The Hall–Kier alpha value is -1.06. The van der Waals surface area contributed by atoms with Crippen molar-refractivity contribution in [1.82, 2.24) is 9.80 Å². The smallest absolute Gasteiger partial charge is 0.226 e. The lowest BCUT2D eigenvalue weighted by Gasteiger charge is -2.41. The van der Waals surface area contributed by atoms with Gasteiger partial charge < -0.3 is 9.80 Å². The van der Waals surface area contributed by atoms with E-state index in [1.807, 2.05) is 0 Å². The zero-order chi connectivity index (χ0) is 34.3. The molecule has 2 amide bonds. The van der Waals surface area contributed by atoms with Gasteiger partial charge in [-0.25, -0.2) is 0 Å². The molecule has 0 saturated carbocycles. The molecule has 1 saturated heterocycles. The van der Waals surface area contributed by atoms with Gasteiger partial charge in [0.1, 0.15) is 0 Å². The molecule has 1 aliphatic heterocycles. The molecule has 0 radical (unpaired) electrons. The van der Waals surface area contributed by atoms with E-state index in [4.69, 9.17) is 0 Å². The highest BCUT2D eigenvalue weighted by Gasteiger charge is 2.37. The summed E-state index contributed by atoms with van der Waals surface area (Å²) >= 11 is 0. The summed E-state index contributed by atoms with van der Waals surface area (Å²) in [4.78, 5) is 32.4. The minimum atomic E-state index is 0.0581. The zero-order valence-electron chi connectivity index (χ0n) is 32.7. The predicted molar refractivity (Wildman–Crippen MR) is 192 cm³/mol. The normalized spacial score (nSPS) is 19.7. The molecule has 0 aliphatic carbocycles. The lowest BCUT2D eigenvalue weighted by atomic mass is 9.75. The molecule has 6 unspecified atom stereocenters. The summed E-state index contributed by atoms with van der Waals surface area (Å²) in [5.74, 6) is 2.68. The van der Waals surface area contributed by atoms with Crippen LogP contribution in [0.2, 0.25) is 0 Å². The van der Waals surface area contributed by atoms with E-state index < -0.39 is 0 Å². The maximum absolute atomic E-state index is 14.1. The average Bonchev–Trinajstić information content (AvgIpc) is 2.79. The minimum absolute atomic E-state index is 0.0581. The van der Waals surface area contributed by atoms with Crippen LogP contribution in [-0.4, -0.2) is 47.8 Å². The van der Waals surface area contributed by atoms with Crippen LogP contribution < -0.4 is 0 Å². The van der Waals surface area contributed by atoms with E-state index in [0.717, 1.165) is 38.5 Å². The van der Waals surface area contributed by atoms with Gasteiger partial charge in [0, 0.05) is 38.0 Å². The fourth-order valence-electron chi connectivity index (χ4n) is 8.36. The molecule has 260 valence electrons. The second-order valence-electron chi connectivity index (χ2n) is 20.2. The van der Waals surface area contributed by atoms with Crippen LogP contribution in [-0.2, 0) is 9.59 Å². The summed E-state index contributed by atoms with van der Waals surface area (Å²) in [5.41, 5.74) is 1.02. The third kappa shape index (κ3) is 16.5. The molecule has 0 aromatic rings. The first-order chi connectivity index (χ1) is 19.8. The van der Waals surface area contributed by atoms with Gasteiger partial charge in [-0.05, 0) is 96.7 Å². The van der Waals surface area contributed by atoms with E-state index in [9.17, 15) is 9.59 Å². The van der Waals surface area contributed by atoms with Crippen LogP contribution in [0.3, 0.4) is 0 Å². The molecule has 6 atom stereocenters. The molecule has 44 heavy (non-hydrogen) atoms. The van der Waals surface area contributed by atoms with Gasteiger partial charge in [-0.3, -0.25) is 9.59 Å². The first-order valence-corrected chi connectivity index (χ1v) is 18.4. The summed E-state index contributed by atoms with van der Waals surface area (Å²) in [5, 5.41) is 0. The number of amides is 2. The average molecular weight is 619 g/mol. The molecule has 4 nitrogen and oxygen atoms in total. The predicted octanol–water partition coefficient (Wildman–Crippen LogP) is 10.7. The molecule has 1 heterocycles. The molecule has 0 aromatic carbocycles. The summed E-state index contributed by atoms with van der Waals surface area (Å²) in [6.07, 6.45) is 8.60. The molecule has 0 spiro atoms. The molecular formula is C40H78N2O2. The van der Waals surface area contributed by atoms with Crippen LogP contribution in [0.25, 0.3) is 0 Å². The highest BCUT2D eigenvalue weighted by atomic mass is 16.2. The first kappa shape index (κ1) is 41.0. The lowest BCUT2D eigenvalue weighted by molar-refractivity contribution is -0.146. The Labute approximate surface area is 276 Å². The fraction of sp³-hybridized carbons (Fsp3) is 0.950. The van der Waals surface area contributed by atoms with Gasteiger partial charge in [0.05, 0.1) is 0 Å². The maximum atomic E-state index is 14.1. The molecule has 0 N–H and O–H groups in total. The third-order valence-corrected chi connectivity index (χ3v) is 9.64. The number of piperazine rings is 1. The van der Waals surface area contributed by atoms with E-state index >= 15 is 0 Å². The van der Waals surface area contributed by atoms with Crippen molar-refractivity contribution in [2.24, 2.45) is 57.2 Å². The lowest BCUT2D eigenvalue weighted by Crippen LogP contribution is -2.54. The summed E-state index contributed by atoms with van der Waals surface area (Å²) < 4.78 is 0. The Bertz CT molecular complexity index is 786. The zero-order valence-corrected chi connectivity index (χ0v) is 32.7. The van der Waals surface area contributed by atoms with E-state index in [2.05, 4.69) is 121 Å². The standard InChI is InChI=1S/C40H78N2O2/c1-29(25-37(5,6)7)17-19-33(31(3)27-39(11,12)13)35(43)41-21-23-42(24-22-41)36(44)34(32(4)28-40(14,15)16)20-18-30(2)26-38(8,9)10/h29-34H,17-28H2,1-16H3. The van der Waals surface area contributed by atoms with Crippen LogP contribution in [0.15, 0.2) is 0 Å². The number of nitrogens with zero attached hydrogens (tertiary/aromatic N) is 2. The summed E-state index contributed by atoms with van der Waals surface area (Å²) in [6.45, 7) is 39.6. The Morgan fingerprint density at radius 2 is 0.705 bits per heavy atom. The van der Waals surface area contributed by atoms with Gasteiger partial charge in [0.15, 0.2) is 0 Å². The van der Waals surface area contributed by atoms with Crippen molar-refractivity contribution in [3.63, 3.8) is 0 Å².